The van der Waals surface area contributed by atoms with E-state index in [0.717, 1.165) is 6.92 Å². The zero-order valence-corrected chi connectivity index (χ0v) is 4.83. The van der Waals surface area contributed by atoms with E-state index in [1.54, 1.807) is 0 Å². The molecule has 5 heteroatoms. The quantitative estimate of drug-likeness (QED) is 0.239. The van der Waals surface area contributed by atoms with Crippen LogP contribution in [0.3, 0.4) is 0 Å². The third-order valence-electron chi connectivity index (χ3n) is 0.489. The van der Waals surface area contributed by atoms with Gasteiger partial charge in [-0.05, 0) is 0 Å². The molecule has 5 nitrogen and oxygen atoms in total. The average Bonchev–Trinajstić information content (AvgIpc) is 1.85. The number of hydrogen-bond acceptors (Lipinski definition) is 4. The van der Waals surface area contributed by atoms with Crippen molar-refractivity contribution in [2.24, 2.45) is 5.29 Å². The number of carbonyl (C=O) groups excluding carboxylic acids is 1. The fourth-order valence-corrected chi connectivity index (χ4v) is 0.176. The van der Waals surface area contributed by atoms with Crippen molar-refractivity contribution in [3.8, 4) is 0 Å². The van der Waals surface area contributed by atoms with Gasteiger partial charge >= 0.3 is 5.97 Å². The first-order chi connectivity index (χ1) is 5.38. The molecule has 0 aliphatic carbocycles. The van der Waals surface area contributed by atoms with Gasteiger partial charge in [0.15, 0.2) is 6.73 Å². The van der Waals surface area contributed by atoms with Gasteiger partial charge in [-0.1, -0.05) is 0 Å². The molecule has 52 valence electrons. The Kier molecular flexibility index (Phi) is 1.62. The largest absolute Gasteiger partial charge is 0.443 e. The van der Waals surface area contributed by atoms with Crippen molar-refractivity contribution >= 4 is 5.97 Å². The van der Waals surface area contributed by atoms with Crippen molar-refractivity contribution in [2.75, 3.05) is 13.7 Å². The normalized spacial score (nSPS) is 14.6. The zero-order chi connectivity index (χ0) is 9.78. The molecule has 0 N–H and O–H groups in total. The molecule has 0 radical (unpaired) electrons. The molecule has 0 aliphatic rings. The molecule has 9 heavy (non-hydrogen) atoms. The van der Waals surface area contributed by atoms with Crippen LogP contribution < -0.4 is 0 Å². The van der Waals surface area contributed by atoms with Gasteiger partial charge in [-0.25, -0.2) is 5.01 Å². The first-order valence-corrected chi connectivity index (χ1v) is 2.12. The van der Waals surface area contributed by atoms with E-state index < -0.39 is 19.7 Å². The highest BCUT2D eigenvalue weighted by atomic mass is 16.5. The summed E-state index contributed by atoms with van der Waals surface area (Å²) in [6.07, 6.45) is 0. The summed E-state index contributed by atoms with van der Waals surface area (Å²) in [4.78, 5) is 20.1. The van der Waals surface area contributed by atoms with Gasteiger partial charge in [0.25, 0.3) is 0 Å². The van der Waals surface area contributed by atoms with Crippen LogP contribution in [-0.4, -0.2) is 24.7 Å². The Labute approximate surface area is 56.7 Å². The van der Waals surface area contributed by atoms with Crippen LogP contribution in [0, 0.1) is 4.91 Å². The zero-order valence-electron chi connectivity index (χ0n) is 7.83. The Morgan fingerprint density at radius 2 is 2.67 bits per heavy atom. The molecule has 0 aromatic heterocycles. The molecule has 0 saturated carbocycles. The molecule has 0 saturated heterocycles. The van der Waals surface area contributed by atoms with E-state index >= 15 is 0 Å². The Balaban J connectivity index is 4.01. The molecular formula is C4H8N2O3. The maximum absolute atomic E-state index is 10.2. The summed E-state index contributed by atoms with van der Waals surface area (Å²) in [7, 11) is 0. The van der Waals surface area contributed by atoms with Crippen LogP contribution in [0.1, 0.15) is 11.0 Å². The summed E-state index contributed by atoms with van der Waals surface area (Å²) in [6.45, 7) is -2.23. The van der Waals surface area contributed by atoms with E-state index in [-0.39, 0.29) is 5.01 Å². The summed E-state index contributed by atoms with van der Waals surface area (Å²) >= 11 is 0. The highest BCUT2D eigenvalue weighted by molar-refractivity contribution is 5.65. The lowest BCUT2D eigenvalue weighted by Gasteiger charge is -2.06. The van der Waals surface area contributed by atoms with Crippen molar-refractivity contribution in [1.29, 1.82) is 0 Å². The highest BCUT2D eigenvalue weighted by Gasteiger charge is 1.95. The number of nitrogens with zero attached hydrogens (tertiary/aromatic N) is 2. The Hall–Kier alpha value is -1.13. The van der Waals surface area contributed by atoms with E-state index in [9.17, 15) is 9.70 Å². The van der Waals surface area contributed by atoms with Gasteiger partial charge in [0.05, 0.1) is 5.29 Å². The molecule has 0 aromatic rings. The van der Waals surface area contributed by atoms with E-state index in [4.69, 9.17) is 4.11 Å². The molecule has 0 rings (SSSR count). The molecular weight excluding hydrogens is 124 g/mol. The van der Waals surface area contributed by atoms with Crippen LogP contribution in [0.15, 0.2) is 5.29 Å². The second kappa shape index (κ2) is 3.82. The molecule has 0 bridgehead atoms. The van der Waals surface area contributed by atoms with Crippen LogP contribution in [0.5, 0.6) is 0 Å². The van der Waals surface area contributed by atoms with Gasteiger partial charge in [-0.3, -0.25) is 4.79 Å². The minimum atomic E-state index is -2.67. The molecule has 0 aromatic carbocycles. The van der Waals surface area contributed by atoms with Crippen molar-refractivity contribution in [3.05, 3.63) is 4.91 Å². The average molecular weight is 135 g/mol. The number of ether oxygens (including phenoxy) is 1. The maximum Gasteiger partial charge on any atom is 0.304 e. The number of hydrogen-bond donors (Lipinski definition) is 0. The molecule has 0 spiro atoms. The monoisotopic (exact) mass is 135 g/mol. The topological polar surface area (TPSA) is 59.0 Å². The van der Waals surface area contributed by atoms with Gasteiger partial charge in [0.1, 0.15) is 0 Å². The van der Waals surface area contributed by atoms with Gasteiger partial charge < -0.3 is 4.74 Å². The van der Waals surface area contributed by atoms with Gasteiger partial charge in [0.2, 0.25) is 0 Å². The van der Waals surface area contributed by atoms with E-state index in [1.807, 2.05) is 0 Å². The summed E-state index contributed by atoms with van der Waals surface area (Å²) in [6, 6.07) is 0. The molecule has 0 unspecified atom stereocenters. The Bertz CT molecular complexity index is 181. The van der Waals surface area contributed by atoms with Crippen molar-refractivity contribution in [2.45, 2.75) is 6.92 Å². The van der Waals surface area contributed by atoms with Crippen LogP contribution in [0.2, 0.25) is 0 Å². The van der Waals surface area contributed by atoms with Crippen LogP contribution in [-0.2, 0) is 9.53 Å². The molecule has 0 atom stereocenters. The lowest BCUT2D eigenvalue weighted by molar-refractivity contribution is -0.145. The summed E-state index contributed by atoms with van der Waals surface area (Å²) in [5.74, 6) is -0.673. The van der Waals surface area contributed by atoms with Gasteiger partial charge in [0, 0.05) is 18.0 Å². The second-order valence-electron chi connectivity index (χ2n) is 1.25. The molecule has 0 fully saturated rings. The Morgan fingerprint density at radius 3 is 3.00 bits per heavy atom. The highest BCUT2D eigenvalue weighted by Crippen LogP contribution is 1.82. The minimum Gasteiger partial charge on any atom is -0.443 e. The lowest BCUT2D eigenvalue weighted by Crippen LogP contribution is -2.16. The lowest BCUT2D eigenvalue weighted by atomic mass is 10.8. The second-order valence-corrected chi connectivity index (χ2v) is 1.25. The number of rotatable bonds is 3. The van der Waals surface area contributed by atoms with E-state index in [2.05, 4.69) is 10.0 Å². The van der Waals surface area contributed by atoms with Crippen LogP contribution >= 0.6 is 0 Å². The van der Waals surface area contributed by atoms with Gasteiger partial charge in [-0.15, -0.1) is 4.91 Å². The third kappa shape index (κ3) is 4.73. The first-order valence-electron chi connectivity index (χ1n) is 3.62. The SMILES string of the molecule is [2H]C([2H])([2H])N(COC(C)=O)N=O. The van der Waals surface area contributed by atoms with E-state index in [1.165, 1.54) is 0 Å². The fourth-order valence-electron chi connectivity index (χ4n) is 0.176. The number of carbonyl (C=O) groups is 1. The third-order valence-corrected chi connectivity index (χ3v) is 0.489. The number of nitroso groups, excluding NO2 is 1. The van der Waals surface area contributed by atoms with Crippen LogP contribution in [0.25, 0.3) is 0 Å². The Morgan fingerprint density at radius 1 is 2.00 bits per heavy atom. The molecule has 0 heterocycles. The summed E-state index contributed by atoms with van der Waals surface area (Å²) in [5, 5.41) is 2.34. The first kappa shape index (κ1) is 3.81. The predicted molar refractivity (Wildman–Crippen MR) is 30.2 cm³/mol. The van der Waals surface area contributed by atoms with Crippen molar-refractivity contribution in [1.82, 2.24) is 5.01 Å². The van der Waals surface area contributed by atoms with Crippen molar-refractivity contribution in [3.63, 3.8) is 0 Å². The number of esters is 1. The van der Waals surface area contributed by atoms with E-state index in [0.29, 0.717) is 0 Å². The molecule has 0 aliphatic heterocycles. The van der Waals surface area contributed by atoms with Crippen LogP contribution in [0.4, 0.5) is 0 Å². The smallest absolute Gasteiger partial charge is 0.304 e. The summed E-state index contributed by atoms with van der Waals surface area (Å²) in [5.41, 5.74) is 0. The fraction of sp³-hybridized carbons (Fsp3) is 0.750. The standard InChI is InChI=1S/C4H8N2O3/c1-4(7)9-3-6(2)5-8/h3H2,1-2H3/i2D3. The minimum absolute atomic E-state index is 0.161. The predicted octanol–water partition coefficient (Wildman–Crippen LogP) is 0.120. The van der Waals surface area contributed by atoms with Crippen molar-refractivity contribution < 1.29 is 13.6 Å². The van der Waals surface area contributed by atoms with Gasteiger partial charge in [-0.2, -0.15) is 0 Å². The summed E-state index contributed by atoms with van der Waals surface area (Å²) < 4.78 is 24.4. The molecule has 0 amide bonds. The maximum atomic E-state index is 10.2.